The largest absolute Gasteiger partial charge is 0.475 e. The van der Waals surface area contributed by atoms with Gasteiger partial charge in [0.2, 0.25) is 0 Å². The lowest BCUT2D eigenvalue weighted by molar-refractivity contribution is 0.192. The molecule has 1 fully saturated rings. The van der Waals surface area contributed by atoms with E-state index >= 15 is 0 Å². The first-order chi connectivity index (χ1) is 8.16. The summed E-state index contributed by atoms with van der Waals surface area (Å²) in [5, 5.41) is 0. The molecule has 0 aliphatic heterocycles. The Morgan fingerprint density at radius 2 is 1.82 bits per heavy atom. The second-order valence-corrected chi connectivity index (χ2v) is 4.36. The number of pyridine rings is 1. The average Bonchev–Trinajstić information content (AvgIpc) is 2.33. The molecule has 1 heterocycles. The Bertz CT molecular complexity index is 392. The standard InChI is InChI=1S/C12H14F3NO/c13-9-6-10(14)12(16-11(9)15)17-7-8-4-2-1-3-5-8/h6,8H,1-5,7H2. The first-order valence-electron chi connectivity index (χ1n) is 5.81. The molecule has 0 atom stereocenters. The molecule has 0 N–H and O–H groups in total. The normalized spacial score (nSPS) is 17.1. The number of rotatable bonds is 3. The van der Waals surface area contributed by atoms with E-state index in [2.05, 4.69) is 4.98 Å². The third-order valence-electron chi connectivity index (χ3n) is 3.04. The molecule has 2 nitrogen and oxygen atoms in total. The quantitative estimate of drug-likeness (QED) is 0.761. The van der Waals surface area contributed by atoms with Gasteiger partial charge in [-0.25, -0.2) is 8.78 Å². The van der Waals surface area contributed by atoms with Crippen LogP contribution in [0.4, 0.5) is 13.2 Å². The third kappa shape index (κ3) is 3.11. The van der Waals surface area contributed by atoms with Gasteiger partial charge in [0.1, 0.15) is 0 Å². The summed E-state index contributed by atoms with van der Waals surface area (Å²) in [6.45, 7) is 0.314. The van der Waals surface area contributed by atoms with Gasteiger partial charge in [-0.05, 0) is 18.8 Å². The number of ether oxygens (including phenoxy) is 1. The van der Waals surface area contributed by atoms with Gasteiger partial charge in [-0.2, -0.15) is 9.37 Å². The Balaban J connectivity index is 1.96. The van der Waals surface area contributed by atoms with Gasteiger partial charge in [0.05, 0.1) is 6.61 Å². The Kier molecular flexibility index (Phi) is 3.86. The van der Waals surface area contributed by atoms with Crippen LogP contribution in [0.1, 0.15) is 32.1 Å². The predicted molar refractivity (Wildman–Crippen MR) is 56.2 cm³/mol. The molecule has 0 aromatic carbocycles. The lowest BCUT2D eigenvalue weighted by Crippen LogP contribution is -2.16. The van der Waals surface area contributed by atoms with Crippen molar-refractivity contribution in [2.75, 3.05) is 6.61 Å². The van der Waals surface area contributed by atoms with Gasteiger partial charge in [-0.3, -0.25) is 0 Å². The monoisotopic (exact) mass is 245 g/mol. The number of hydrogen-bond donors (Lipinski definition) is 0. The summed E-state index contributed by atoms with van der Waals surface area (Å²) in [6.07, 6.45) is 5.56. The maximum absolute atomic E-state index is 13.2. The fourth-order valence-electron chi connectivity index (χ4n) is 2.08. The molecule has 0 saturated heterocycles. The molecular formula is C12H14F3NO. The van der Waals surface area contributed by atoms with Crippen molar-refractivity contribution < 1.29 is 17.9 Å². The third-order valence-corrected chi connectivity index (χ3v) is 3.04. The van der Waals surface area contributed by atoms with Crippen LogP contribution in [0.2, 0.25) is 0 Å². The Hall–Kier alpha value is -1.26. The molecule has 5 heteroatoms. The molecule has 1 aromatic rings. The minimum absolute atomic E-state index is 0.314. The smallest absolute Gasteiger partial charge is 0.253 e. The lowest BCUT2D eigenvalue weighted by Gasteiger charge is -2.21. The van der Waals surface area contributed by atoms with E-state index in [-0.39, 0.29) is 0 Å². The van der Waals surface area contributed by atoms with Gasteiger partial charge in [-0.15, -0.1) is 0 Å². The van der Waals surface area contributed by atoms with E-state index in [9.17, 15) is 13.2 Å². The van der Waals surface area contributed by atoms with Crippen LogP contribution >= 0.6 is 0 Å². The van der Waals surface area contributed by atoms with Gasteiger partial charge >= 0.3 is 0 Å². The van der Waals surface area contributed by atoms with Crippen LogP contribution in [0.5, 0.6) is 5.88 Å². The van der Waals surface area contributed by atoms with Gasteiger partial charge < -0.3 is 4.74 Å². The van der Waals surface area contributed by atoms with E-state index in [1.807, 2.05) is 0 Å². The number of halogens is 3. The zero-order valence-corrected chi connectivity index (χ0v) is 9.39. The van der Waals surface area contributed by atoms with E-state index in [4.69, 9.17) is 4.74 Å². The van der Waals surface area contributed by atoms with Crippen molar-refractivity contribution in [3.8, 4) is 5.88 Å². The maximum Gasteiger partial charge on any atom is 0.253 e. The molecule has 1 saturated carbocycles. The summed E-state index contributed by atoms with van der Waals surface area (Å²) >= 11 is 0. The highest BCUT2D eigenvalue weighted by atomic mass is 19.2. The summed E-state index contributed by atoms with van der Waals surface area (Å²) in [5.41, 5.74) is 0. The second-order valence-electron chi connectivity index (χ2n) is 4.36. The van der Waals surface area contributed by atoms with Crippen molar-refractivity contribution in [3.05, 3.63) is 23.6 Å². The Morgan fingerprint density at radius 1 is 1.12 bits per heavy atom. The molecule has 0 bridgehead atoms. The zero-order chi connectivity index (χ0) is 12.3. The molecule has 1 aliphatic carbocycles. The van der Waals surface area contributed by atoms with Crippen LogP contribution in [0, 0.1) is 23.5 Å². The lowest BCUT2D eigenvalue weighted by atomic mass is 9.90. The fraction of sp³-hybridized carbons (Fsp3) is 0.583. The van der Waals surface area contributed by atoms with Crippen molar-refractivity contribution in [2.24, 2.45) is 5.92 Å². The molecule has 0 amide bonds. The number of hydrogen-bond acceptors (Lipinski definition) is 2. The summed E-state index contributed by atoms with van der Waals surface area (Å²) in [4.78, 5) is 3.12. The molecule has 1 aliphatic rings. The van der Waals surface area contributed by atoms with Gasteiger partial charge in [0.15, 0.2) is 11.6 Å². The van der Waals surface area contributed by atoms with Gasteiger partial charge in [-0.1, -0.05) is 19.3 Å². The second kappa shape index (κ2) is 5.38. The Morgan fingerprint density at radius 3 is 2.53 bits per heavy atom. The topological polar surface area (TPSA) is 22.1 Å². The van der Waals surface area contributed by atoms with Crippen LogP contribution in [0.3, 0.4) is 0 Å². The molecule has 1 aromatic heterocycles. The highest BCUT2D eigenvalue weighted by Crippen LogP contribution is 2.25. The first-order valence-corrected chi connectivity index (χ1v) is 5.81. The van der Waals surface area contributed by atoms with Crippen molar-refractivity contribution >= 4 is 0 Å². The minimum atomic E-state index is -1.33. The summed E-state index contributed by atoms with van der Waals surface area (Å²) in [6, 6.07) is 0.457. The van der Waals surface area contributed by atoms with Gasteiger partial charge in [0.25, 0.3) is 11.8 Å². The van der Waals surface area contributed by atoms with Crippen LogP contribution in [-0.2, 0) is 0 Å². The van der Waals surface area contributed by atoms with Crippen LogP contribution in [0.25, 0.3) is 0 Å². The number of aromatic nitrogens is 1. The molecule has 0 radical (unpaired) electrons. The van der Waals surface area contributed by atoms with Crippen LogP contribution in [0.15, 0.2) is 6.07 Å². The van der Waals surface area contributed by atoms with E-state index < -0.39 is 23.5 Å². The summed E-state index contributed by atoms with van der Waals surface area (Å²) < 4.78 is 43.7. The molecule has 2 rings (SSSR count). The molecule has 0 spiro atoms. The predicted octanol–water partition coefficient (Wildman–Crippen LogP) is 3.46. The SMILES string of the molecule is Fc1cc(F)c(OCC2CCCCC2)nc1F. The van der Waals surface area contributed by atoms with E-state index in [0.29, 0.717) is 18.6 Å². The summed E-state index contributed by atoms with van der Waals surface area (Å²) in [7, 11) is 0. The Labute approximate surface area is 97.8 Å². The molecule has 17 heavy (non-hydrogen) atoms. The van der Waals surface area contributed by atoms with Crippen LogP contribution < -0.4 is 4.74 Å². The highest BCUT2D eigenvalue weighted by molar-refractivity contribution is 5.15. The van der Waals surface area contributed by atoms with Gasteiger partial charge in [0, 0.05) is 6.07 Å². The summed E-state index contributed by atoms with van der Waals surface area (Å²) in [5.74, 6) is -3.68. The van der Waals surface area contributed by atoms with Crippen molar-refractivity contribution in [2.45, 2.75) is 32.1 Å². The van der Waals surface area contributed by atoms with E-state index in [1.165, 1.54) is 6.42 Å². The van der Waals surface area contributed by atoms with E-state index in [0.717, 1.165) is 25.7 Å². The van der Waals surface area contributed by atoms with Crippen LogP contribution in [-0.4, -0.2) is 11.6 Å². The molecule has 0 unspecified atom stereocenters. The van der Waals surface area contributed by atoms with Crippen molar-refractivity contribution in [1.82, 2.24) is 4.98 Å². The number of nitrogens with zero attached hydrogens (tertiary/aromatic N) is 1. The molecule has 94 valence electrons. The van der Waals surface area contributed by atoms with E-state index in [1.54, 1.807) is 0 Å². The zero-order valence-electron chi connectivity index (χ0n) is 9.39. The van der Waals surface area contributed by atoms with Crippen molar-refractivity contribution in [1.29, 1.82) is 0 Å². The first kappa shape index (κ1) is 12.2. The fourth-order valence-corrected chi connectivity index (χ4v) is 2.08. The molecular weight excluding hydrogens is 231 g/mol. The maximum atomic E-state index is 13.2. The average molecular weight is 245 g/mol. The van der Waals surface area contributed by atoms with Crippen molar-refractivity contribution in [3.63, 3.8) is 0 Å². The highest BCUT2D eigenvalue weighted by Gasteiger charge is 2.17. The minimum Gasteiger partial charge on any atom is -0.475 e.